The van der Waals surface area contributed by atoms with Crippen molar-refractivity contribution in [3.8, 4) is 0 Å². The van der Waals surface area contributed by atoms with Crippen molar-refractivity contribution in [3.63, 3.8) is 0 Å². The van der Waals surface area contributed by atoms with E-state index in [0.29, 0.717) is 11.7 Å². The number of thiophene rings is 1. The summed E-state index contributed by atoms with van der Waals surface area (Å²) >= 11 is 7.02. The number of hydrogen-bond acceptors (Lipinski definition) is 3. The quantitative estimate of drug-likeness (QED) is 0.799. The van der Waals surface area contributed by atoms with Crippen LogP contribution in [0.25, 0.3) is 0 Å². The van der Waals surface area contributed by atoms with Crippen LogP contribution in [0.15, 0.2) is 29.6 Å². The first kappa shape index (κ1) is 18.4. The summed E-state index contributed by atoms with van der Waals surface area (Å²) in [7, 11) is 1.82. The third kappa shape index (κ3) is 5.04. The van der Waals surface area contributed by atoms with E-state index in [1.807, 2.05) is 32.3 Å². The Labute approximate surface area is 152 Å². The minimum atomic E-state index is -0.0761. The Morgan fingerprint density at radius 3 is 2.50 bits per heavy atom. The van der Waals surface area contributed by atoms with Crippen LogP contribution in [0, 0.1) is 20.8 Å². The summed E-state index contributed by atoms with van der Waals surface area (Å²) < 4.78 is 0. The third-order valence-electron chi connectivity index (χ3n) is 3.66. The van der Waals surface area contributed by atoms with Crippen molar-refractivity contribution >= 4 is 40.3 Å². The van der Waals surface area contributed by atoms with E-state index < -0.39 is 0 Å². The van der Waals surface area contributed by atoms with Crippen molar-refractivity contribution < 1.29 is 4.79 Å². The molecule has 0 aliphatic rings. The smallest absolute Gasteiger partial charge is 0.243 e. The monoisotopic (exact) mass is 361 g/mol. The maximum Gasteiger partial charge on any atom is 0.243 e. The fraction of sp³-hybridized carbons (Fsp3) is 0.333. The average molecular weight is 362 g/mol. The van der Waals surface area contributed by atoms with Crippen molar-refractivity contribution in [2.75, 3.05) is 18.9 Å². The second kappa shape index (κ2) is 8.26. The van der Waals surface area contributed by atoms with Crippen LogP contribution in [0.4, 0.5) is 5.69 Å². The van der Waals surface area contributed by atoms with Crippen molar-refractivity contribution in [2.24, 2.45) is 0 Å². The molecule has 0 bridgehead atoms. The number of carbonyl (C=O) groups excluding carboxylic acids is 1. The normalized spacial score (nSPS) is 10.3. The highest BCUT2D eigenvalue weighted by molar-refractivity contribution is 7.80. The highest BCUT2D eigenvalue weighted by Crippen LogP contribution is 2.21. The first-order valence-corrected chi connectivity index (χ1v) is 9.04. The molecular weight excluding hydrogens is 338 g/mol. The lowest BCUT2D eigenvalue weighted by molar-refractivity contribution is -0.116. The summed E-state index contributed by atoms with van der Waals surface area (Å²) in [5.41, 5.74) is 4.22. The number of amides is 1. The molecule has 0 saturated heterocycles. The number of carbonyl (C=O) groups is 1. The maximum absolute atomic E-state index is 12.3. The zero-order valence-corrected chi connectivity index (χ0v) is 16.1. The number of benzene rings is 1. The largest absolute Gasteiger partial charge is 0.358 e. The Morgan fingerprint density at radius 2 is 1.92 bits per heavy atom. The Kier molecular flexibility index (Phi) is 6.34. The van der Waals surface area contributed by atoms with Gasteiger partial charge in [0.2, 0.25) is 5.91 Å². The summed E-state index contributed by atoms with van der Waals surface area (Å²) in [6.45, 7) is 6.96. The van der Waals surface area contributed by atoms with Crippen LogP contribution < -0.4 is 10.6 Å². The summed E-state index contributed by atoms with van der Waals surface area (Å²) in [5.74, 6) is -0.0761. The molecule has 0 unspecified atom stereocenters. The highest BCUT2D eigenvalue weighted by atomic mass is 32.1. The standard InChI is InChI=1S/C18H23N3OS2/c1-12-8-13(2)17(14(3)9-12)20-16(22)11-21(4)18(23)19-10-15-6-5-7-24-15/h5-9H,10-11H2,1-4H3,(H,19,23)(H,20,22). The molecular formula is C18H23N3OS2. The molecule has 0 atom stereocenters. The molecule has 1 heterocycles. The Bertz CT molecular complexity index is 703. The predicted octanol–water partition coefficient (Wildman–Crippen LogP) is 3.62. The number of nitrogens with zero attached hydrogens (tertiary/aromatic N) is 1. The highest BCUT2D eigenvalue weighted by Gasteiger charge is 2.12. The van der Waals surface area contributed by atoms with Crippen molar-refractivity contribution in [2.45, 2.75) is 27.3 Å². The zero-order valence-electron chi connectivity index (χ0n) is 14.5. The van der Waals surface area contributed by atoms with E-state index in [1.165, 1.54) is 10.4 Å². The molecule has 0 saturated carbocycles. The van der Waals surface area contributed by atoms with Gasteiger partial charge in [0, 0.05) is 17.6 Å². The molecule has 6 heteroatoms. The van der Waals surface area contributed by atoms with Gasteiger partial charge in [0.05, 0.1) is 13.1 Å². The Morgan fingerprint density at radius 1 is 1.25 bits per heavy atom. The lowest BCUT2D eigenvalue weighted by atomic mass is 10.1. The van der Waals surface area contributed by atoms with E-state index in [1.54, 1.807) is 16.2 Å². The van der Waals surface area contributed by atoms with Crippen LogP contribution in [0.3, 0.4) is 0 Å². The molecule has 2 N–H and O–H groups in total. The van der Waals surface area contributed by atoms with Gasteiger partial charge >= 0.3 is 0 Å². The number of aryl methyl sites for hydroxylation is 3. The first-order chi connectivity index (χ1) is 11.4. The number of anilines is 1. The second-order valence-electron chi connectivity index (χ2n) is 5.92. The van der Waals surface area contributed by atoms with Crippen LogP contribution in [0.2, 0.25) is 0 Å². The van der Waals surface area contributed by atoms with Crippen molar-refractivity contribution in [3.05, 3.63) is 51.2 Å². The molecule has 128 valence electrons. The second-order valence-corrected chi connectivity index (χ2v) is 7.33. The number of likely N-dealkylation sites (N-methyl/N-ethyl adjacent to an activating group) is 1. The maximum atomic E-state index is 12.3. The van der Waals surface area contributed by atoms with Gasteiger partial charge in [0.15, 0.2) is 5.11 Å². The molecule has 4 nitrogen and oxygen atoms in total. The number of hydrogen-bond donors (Lipinski definition) is 2. The topological polar surface area (TPSA) is 44.4 Å². The molecule has 24 heavy (non-hydrogen) atoms. The first-order valence-electron chi connectivity index (χ1n) is 7.76. The summed E-state index contributed by atoms with van der Waals surface area (Å²) in [6, 6.07) is 8.20. The van der Waals surface area contributed by atoms with Gasteiger partial charge in [-0.05, 0) is 55.6 Å². The Balaban J connectivity index is 1.88. The van der Waals surface area contributed by atoms with E-state index in [-0.39, 0.29) is 12.5 Å². The van der Waals surface area contributed by atoms with Crippen molar-refractivity contribution in [1.29, 1.82) is 0 Å². The minimum absolute atomic E-state index is 0.0761. The van der Waals surface area contributed by atoms with Crippen LogP contribution in [0.5, 0.6) is 0 Å². The molecule has 0 aliphatic heterocycles. The van der Waals surface area contributed by atoms with E-state index in [9.17, 15) is 4.79 Å². The SMILES string of the molecule is Cc1cc(C)c(NC(=O)CN(C)C(=S)NCc2cccs2)c(C)c1. The van der Waals surface area contributed by atoms with E-state index in [2.05, 4.69) is 35.8 Å². The molecule has 1 amide bonds. The zero-order chi connectivity index (χ0) is 17.7. The lowest BCUT2D eigenvalue weighted by Gasteiger charge is -2.21. The van der Waals surface area contributed by atoms with E-state index >= 15 is 0 Å². The van der Waals surface area contributed by atoms with Crippen LogP contribution >= 0.6 is 23.6 Å². The van der Waals surface area contributed by atoms with Gasteiger partial charge in [0.1, 0.15) is 0 Å². The summed E-state index contributed by atoms with van der Waals surface area (Å²) in [4.78, 5) is 15.3. The van der Waals surface area contributed by atoms with Gasteiger partial charge in [0.25, 0.3) is 0 Å². The van der Waals surface area contributed by atoms with E-state index in [4.69, 9.17) is 12.2 Å². The summed E-state index contributed by atoms with van der Waals surface area (Å²) in [6.07, 6.45) is 0. The van der Waals surface area contributed by atoms with Crippen LogP contribution in [0.1, 0.15) is 21.6 Å². The van der Waals surface area contributed by atoms with Gasteiger partial charge in [-0.15, -0.1) is 11.3 Å². The molecule has 0 spiro atoms. The van der Waals surface area contributed by atoms with Crippen LogP contribution in [-0.2, 0) is 11.3 Å². The lowest BCUT2D eigenvalue weighted by Crippen LogP contribution is -2.41. The van der Waals surface area contributed by atoms with Gasteiger partial charge in [-0.2, -0.15) is 0 Å². The fourth-order valence-corrected chi connectivity index (χ4v) is 3.34. The Hall–Kier alpha value is -1.92. The van der Waals surface area contributed by atoms with Gasteiger partial charge in [-0.25, -0.2) is 0 Å². The average Bonchev–Trinajstić information content (AvgIpc) is 3.01. The van der Waals surface area contributed by atoms with Gasteiger partial charge in [-0.3, -0.25) is 4.79 Å². The molecule has 1 aromatic carbocycles. The molecule has 0 aliphatic carbocycles. The summed E-state index contributed by atoms with van der Waals surface area (Å²) in [5, 5.41) is 8.76. The van der Waals surface area contributed by atoms with E-state index in [0.717, 1.165) is 16.8 Å². The number of nitrogens with one attached hydrogen (secondary N) is 2. The van der Waals surface area contributed by atoms with Crippen molar-refractivity contribution in [1.82, 2.24) is 10.2 Å². The minimum Gasteiger partial charge on any atom is -0.358 e. The fourth-order valence-electron chi connectivity index (χ4n) is 2.55. The van der Waals surface area contributed by atoms with Gasteiger partial charge < -0.3 is 15.5 Å². The number of thiocarbonyl (C=S) groups is 1. The molecule has 0 fully saturated rings. The molecule has 2 aromatic rings. The molecule has 1 aromatic heterocycles. The molecule has 0 radical (unpaired) electrons. The number of rotatable bonds is 5. The predicted molar refractivity (Wildman–Crippen MR) is 106 cm³/mol. The van der Waals surface area contributed by atoms with Crippen LogP contribution in [-0.4, -0.2) is 29.5 Å². The molecule has 2 rings (SSSR count). The third-order valence-corrected chi connectivity index (χ3v) is 5.00. The van der Waals surface area contributed by atoms with Gasteiger partial charge in [-0.1, -0.05) is 23.8 Å².